The average molecular weight is 546 g/mol. The number of fused-ring (bicyclic) bond motifs is 1. The summed E-state index contributed by atoms with van der Waals surface area (Å²) in [4.78, 5) is 43.6. The number of halogens is 3. The van der Waals surface area contributed by atoms with Gasteiger partial charge in [-0.15, -0.1) is 11.3 Å². The van der Waals surface area contributed by atoms with Gasteiger partial charge in [0.25, 0.3) is 5.56 Å². The Bertz CT molecular complexity index is 1760. The molecule has 5 heterocycles. The molecule has 0 aromatic carbocycles. The molecule has 0 amide bonds. The molecular weight excluding hydrogens is 527 g/mol. The molecule has 16 heteroatoms. The van der Waals surface area contributed by atoms with Gasteiger partial charge in [-0.2, -0.15) is 13.2 Å². The largest absolute Gasteiger partial charge is 0.451 e. The van der Waals surface area contributed by atoms with Gasteiger partial charge in [0.1, 0.15) is 22.3 Å². The number of nitrogens with zero attached hydrogens (tertiary/aromatic N) is 7. The second-order valence-electron chi connectivity index (χ2n) is 8.26. The van der Waals surface area contributed by atoms with Crippen molar-refractivity contribution in [3.8, 4) is 10.6 Å². The molecule has 5 aromatic rings. The predicted octanol–water partition coefficient (Wildman–Crippen LogP) is 3.35. The quantitative estimate of drug-likeness (QED) is 0.314. The monoisotopic (exact) mass is 545 g/mol. The van der Waals surface area contributed by atoms with E-state index in [0.29, 0.717) is 33.5 Å². The molecule has 0 aliphatic carbocycles. The number of anilines is 1. The zero-order chi connectivity index (χ0) is 27.2. The van der Waals surface area contributed by atoms with Crippen LogP contribution in [0.4, 0.5) is 19.0 Å². The molecular formula is C22H18F3N9O3S. The standard InChI is InChI=1S/C22H18F3N9O3S/c1-10-4-14(32-37-10)7-33-19(35)16-17(31-21(33)36)28-9-34(16)12(3)11(2)29-15-8-38-18(30-15)13-5-26-20(27-6-13)22(23,24)25/h4-6,8-9,12,29H,2,7H2,1,3H3,(H,31,36)/t12-/m0/s1. The van der Waals surface area contributed by atoms with Crippen LogP contribution in [0.3, 0.4) is 0 Å². The molecule has 196 valence electrons. The number of hydrogen-bond acceptors (Lipinski definition) is 10. The molecule has 5 rings (SSSR count). The van der Waals surface area contributed by atoms with Crippen molar-refractivity contribution in [1.29, 1.82) is 0 Å². The maximum atomic E-state index is 13.3. The minimum absolute atomic E-state index is 0.0878. The summed E-state index contributed by atoms with van der Waals surface area (Å²) in [5, 5.41) is 8.93. The number of rotatable bonds is 7. The van der Waals surface area contributed by atoms with E-state index >= 15 is 0 Å². The Morgan fingerprint density at radius 2 is 2.00 bits per heavy atom. The van der Waals surface area contributed by atoms with Crippen molar-refractivity contribution in [2.24, 2.45) is 0 Å². The highest BCUT2D eigenvalue weighted by Crippen LogP contribution is 2.30. The molecule has 12 nitrogen and oxygen atoms in total. The van der Waals surface area contributed by atoms with Crippen molar-refractivity contribution in [2.75, 3.05) is 5.32 Å². The highest BCUT2D eigenvalue weighted by molar-refractivity contribution is 7.13. The van der Waals surface area contributed by atoms with Crippen LogP contribution in [0.2, 0.25) is 0 Å². The molecule has 0 aliphatic rings. The number of H-pyrrole nitrogens is 1. The predicted molar refractivity (Wildman–Crippen MR) is 131 cm³/mol. The fourth-order valence-corrected chi connectivity index (χ4v) is 4.36. The number of aromatic amines is 1. The average Bonchev–Trinajstić information content (AvgIpc) is 3.61. The van der Waals surface area contributed by atoms with Crippen LogP contribution in [0, 0.1) is 6.92 Å². The van der Waals surface area contributed by atoms with Crippen LogP contribution in [-0.2, 0) is 12.7 Å². The van der Waals surface area contributed by atoms with Gasteiger partial charge in [-0.3, -0.25) is 14.3 Å². The zero-order valence-corrected chi connectivity index (χ0v) is 20.6. The van der Waals surface area contributed by atoms with Crippen LogP contribution >= 0.6 is 11.3 Å². The molecule has 0 unspecified atom stereocenters. The number of aromatic nitrogens is 8. The fraction of sp³-hybridized carbons (Fsp3) is 0.227. The van der Waals surface area contributed by atoms with Crippen molar-refractivity contribution in [1.82, 2.24) is 39.2 Å². The van der Waals surface area contributed by atoms with Crippen molar-refractivity contribution in [3.05, 3.63) is 80.6 Å². The lowest BCUT2D eigenvalue weighted by molar-refractivity contribution is -0.144. The number of nitrogens with one attached hydrogen (secondary N) is 2. The lowest BCUT2D eigenvalue weighted by Crippen LogP contribution is -2.36. The highest BCUT2D eigenvalue weighted by Gasteiger charge is 2.34. The number of alkyl halides is 3. The zero-order valence-electron chi connectivity index (χ0n) is 19.8. The lowest BCUT2D eigenvalue weighted by atomic mass is 10.2. The smallest absolute Gasteiger partial charge is 0.361 e. The number of aryl methyl sites for hydroxylation is 1. The molecule has 1 atom stereocenters. The Labute approximate surface area is 214 Å². The summed E-state index contributed by atoms with van der Waals surface area (Å²) in [5.74, 6) is -0.302. The Morgan fingerprint density at radius 1 is 1.26 bits per heavy atom. The first kappa shape index (κ1) is 25.1. The maximum Gasteiger partial charge on any atom is 0.451 e. The molecule has 0 bridgehead atoms. The van der Waals surface area contributed by atoms with E-state index in [-0.39, 0.29) is 17.7 Å². The van der Waals surface area contributed by atoms with E-state index in [1.165, 1.54) is 17.7 Å². The van der Waals surface area contributed by atoms with Crippen LogP contribution in [0.1, 0.15) is 30.2 Å². The summed E-state index contributed by atoms with van der Waals surface area (Å²) in [7, 11) is 0. The number of imidazole rings is 1. The van der Waals surface area contributed by atoms with Gasteiger partial charge in [-0.1, -0.05) is 11.7 Å². The lowest BCUT2D eigenvalue weighted by Gasteiger charge is -2.18. The SMILES string of the molecule is C=C(Nc1csc(-c2cnc(C(F)(F)F)nc2)n1)[C@H](C)n1cnc2[nH]c(=O)n(Cc3cc(C)on3)c(=O)c21. The molecule has 0 saturated carbocycles. The van der Waals surface area contributed by atoms with E-state index in [2.05, 4.69) is 42.0 Å². The van der Waals surface area contributed by atoms with Gasteiger partial charge in [0.05, 0.1) is 18.9 Å². The topological polar surface area (TPSA) is 149 Å². The highest BCUT2D eigenvalue weighted by atomic mass is 32.1. The van der Waals surface area contributed by atoms with Gasteiger partial charge in [-0.05, 0) is 13.8 Å². The second kappa shape index (κ2) is 9.37. The van der Waals surface area contributed by atoms with Crippen LogP contribution < -0.4 is 16.6 Å². The summed E-state index contributed by atoms with van der Waals surface area (Å²) >= 11 is 1.18. The van der Waals surface area contributed by atoms with Crippen LogP contribution in [0.15, 0.2) is 56.6 Å². The van der Waals surface area contributed by atoms with Crippen molar-refractivity contribution >= 4 is 28.3 Å². The van der Waals surface area contributed by atoms with E-state index in [1.807, 2.05) is 0 Å². The van der Waals surface area contributed by atoms with Gasteiger partial charge in [0.15, 0.2) is 11.2 Å². The number of hydrogen-bond donors (Lipinski definition) is 2. The maximum absolute atomic E-state index is 13.3. The first-order valence-electron chi connectivity index (χ1n) is 10.9. The van der Waals surface area contributed by atoms with Crippen molar-refractivity contribution < 1.29 is 17.7 Å². The summed E-state index contributed by atoms with van der Waals surface area (Å²) in [6, 6.07) is 1.11. The van der Waals surface area contributed by atoms with E-state index in [4.69, 9.17) is 4.52 Å². The number of allylic oxidation sites excluding steroid dienone is 1. The summed E-state index contributed by atoms with van der Waals surface area (Å²) in [5.41, 5.74) is 0.236. The first-order valence-corrected chi connectivity index (χ1v) is 11.8. The van der Waals surface area contributed by atoms with E-state index in [0.717, 1.165) is 17.0 Å². The molecule has 2 N–H and O–H groups in total. The van der Waals surface area contributed by atoms with Gasteiger partial charge in [0.2, 0.25) is 5.82 Å². The fourth-order valence-electron chi connectivity index (χ4n) is 3.63. The van der Waals surface area contributed by atoms with Crippen molar-refractivity contribution in [2.45, 2.75) is 32.6 Å². The molecule has 0 saturated heterocycles. The Balaban J connectivity index is 1.37. The normalized spacial score (nSPS) is 12.7. The van der Waals surface area contributed by atoms with Gasteiger partial charge in [0, 0.05) is 35.1 Å². The first-order chi connectivity index (χ1) is 18.0. The van der Waals surface area contributed by atoms with E-state index in [9.17, 15) is 22.8 Å². The molecule has 5 aromatic heterocycles. The Kier molecular flexibility index (Phi) is 6.18. The van der Waals surface area contributed by atoms with E-state index < -0.39 is 29.3 Å². The van der Waals surface area contributed by atoms with E-state index in [1.54, 1.807) is 29.9 Å². The molecule has 0 aliphatic heterocycles. The molecule has 38 heavy (non-hydrogen) atoms. The number of thiazole rings is 1. The Hall–Kier alpha value is -4.60. The minimum atomic E-state index is -4.63. The van der Waals surface area contributed by atoms with Crippen molar-refractivity contribution in [3.63, 3.8) is 0 Å². The van der Waals surface area contributed by atoms with Crippen LogP contribution in [-0.4, -0.2) is 39.2 Å². The van der Waals surface area contributed by atoms with Crippen LogP contribution in [0.5, 0.6) is 0 Å². The summed E-state index contributed by atoms with van der Waals surface area (Å²) < 4.78 is 45.7. The summed E-state index contributed by atoms with van der Waals surface area (Å²) in [6.07, 6.45) is -1.11. The van der Waals surface area contributed by atoms with Gasteiger partial charge >= 0.3 is 11.9 Å². The van der Waals surface area contributed by atoms with Gasteiger partial charge in [-0.25, -0.2) is 24.7 Å². The second-order valence-corrected chi connectivity index (χ2v) is 9.11. The van der Waals surface area contributed by atoms with Gasteiger partial charge < -0.3 is 14.4 Å². The third-order valence-electron chi connectivity index (χ3n) is 5.58. The molecule has 0 radical (unpaired) electrons. The Morgan fingerprint density at radius 3 is 2.66 bits per heavy atom. The third kappa shape index (κ3) is 4.72. The molecule has 0 spiro atoms. The summed E-state index contributed by atoms with van der Waals surface area (Å²) in [6.45, 7) is 7.40. The minimum Gasteiger partial charge on any atom is -0.361 e. The molecule has 0 fully saturated rings. The third-order valence-corrected chi connectivity index (χ3v) is 6.47. The van der Waals surface area contributed by atoms with Crippen LogP contribution in [0.25, 0.3) is 21.7 Å².